The second kappa shape index (κ2) is 8.67. The maximum atomic E-state index is 3.95. The third-order valence-electron chi connectivity index (χ3n) is 5.36. The summed E-state index contributed by atoms with van der Waals surface area (Å²) in [6.45, 7) is 7.89. The number of hydrogen-bond donors (Lipinski definition) is 0. The summed E-state index contributed by atoms with van der Waals surface area (Å²) in [7, 11) is 0. The first kappa shape index (κ1) is 17.5. The second-order valence-electron chi connectivity index (χ2n) is 6.93. The van der Waals surface area contributed by atoms with Gasteiger partial charge in [-0.15, -0.1) is 13.2 Å². The van der Waals surface area contributed by atoms with E-state index in [9.17, 15) is 0 Å². The fourth-order valence-electron chi connectivity index (χ4n) is 4.21. The number of rotatable bonds is 8. The van der Waals surface area contributed by atoms with E-state index in [4.69, 9.17) is 0 Å². The normalized spacial score (nSPS) is 19.8. The van der Waals surface area contributed by atoms with Gasteiger partial charge in [0.25, 0.3) is 0 Å². The van der Waals surface area contributed by atoms with E-state index in [1.54, 1.807) is 5.57 Å². The summed E-state index contributed by atoms with van der Waals surface area (Å²) in [5.41, 5.74) is 5.86. The van der Waals surface area contributed by atoms with Crippen molar-refractivity contribution in [1.29, 1.82) is 0 Å². The van der Waals surface area contributed by atoms with Gasteiger partial charge < -0.3 is 0 Å². The summed E-state index contributed by atoms with van der Waals surface area (Å²) in [5.74, 6) is 1.30. The molecule has 0 radical (unpaired) electrons. The predicted molar refractivity (Wildman–Crippen MR) is 110 cm³/mol. The molecule has 0 nitrogen and oxygen atoms in total. The molecule has 0 fully saturated rings. The number of allylic oxidation sites excluding steroid dienone is 4. The van der Waals surface area contributed by atoms with Crippen LogP contribution in [0.3, 0.4) is 0 Å². The lowest BCUT2D eigenvalue weighted by Gasteiger charge is -2.22. The molecule has 0 aromatic heterocycles. The van der Waals surface area contributed by atoms with Crippen molar-refractivity contribution in [2.45, 2.75) is 32.1 Å². The lowest BCUT2D eigenvalue weighted by Crippen LogP contribution is -2.11. The van der Waals surface area contributed by atoms with Gasteiger partial charge in [-0.2, -0.15) is 0 Å². The van der Waals surface area contributed by atoms with Crippen LogP contribution in [0.2, 0.25) is 0 Å². The topological polar surface area (TPSA) is 0 Å². The quantitative estimate of drug-likeness (QED) is 0.451. The van der Waals surface area contributed by atoms with Crippen LogP contribution < -0.4 is 0 Å². The molecule has 1 aliphatic carbocycles. The van der Waals surface area contributed by atoms with Crippen LogP contribution in [0.1, 0.15) is 43.2 Å². The SMILES string of the molecule is C=CCC[C@H]1CC(c2ccccc2)=C(c2ccccc2)[C@H]1CCC=C. The highest BCUT2D eigenvalue weighted by Crippen LogP contribution is 2.50. The minimum Gasteiger partial charge on any atom is -0.103 e. The Bertz CT molecular complexity index is 721. The first-order valence-electron chi connectivity index (χ1n) is 9.40. The van der Waals surface area contributed by atoms with E-state index in [1.807, 2.05) is 0 Å². The largest absolute Gasteiger partial charge is 0.103 e. The molecule has 1 aliphatic rings. The molecular formula is C25H28. The van der Waals surface area contributed by atoms with Gasteiger partial charge in [-0.05, 0) is 66.2 Å². The van der Waals surface area contributed by atoms with E-state index >= 15 is 0 Å². The Hall–Kier alpha value is -2.34. The molecule has 128 valence electrons. The minimum absolute atomic E-state index is 0.607. The van der Waals surface area contributed by atoms with E-state index < -0.39 is 0 Å². The van der Waals surface area contributed by atoms with Crippen molar-refractivity contribution in [1.82, 2.24) is 0 Å². The summed E-state index contributed by atoms with van der Waals surface area (Å²) in [5, 5.41) is 0. The minimum atomic E-state index is 0.607. The molecule has 0 saturated carbocycles. The summed E-state index contributed by atoms with van der Waals surface area (Å²) in [6, 6.07) is 21.9. The average molecular weight is 328 g/mol. The predicted octanol–water partition coefficient (Wildman–Crippen LogP) is 7.17. The van der Waals surface area contributed by atoms with Crippen molar-refractivity contribution in [3.63, 3.8) is 0 Å². The zero-order chi connectivity index (χ0) is 17.5. The third-order valence-corrected chi connectivity index (χ3v) is 5.36. The van der Waals surface area contributed by atoms with Gasteiger partial charge in [0, 0.05) is 0 Å². The van der Waals surface area contributed by atoms with Crippen LogP contribution in [0.5, 0.6) is 0 Å². The first-order chi connectivity index (χ1) is 12.3. The molecule has 2 aromatic carbocycles. The van der Waals surface area contributed by atoms with Crippen LogP contribution in [-0.4, -0.2) is 0 Å². The molecule has 0 bridgehead atoms. The molecule has 0 heterocycles. The van der Waals surface area contributed by atoms with Gasteiger partial charge in [0.1, 0.15) is 0 Å². The maximum absolute atomic E-state index is 3.95. The molecule has 0 amide bonds. The highest BCUT2D eigenvalue weighted by atomic mass is 14.4. The molecule has 0 N–H and O–H groups in total. The van der Waals surface area contributed by atoms with E-state index in [-0.39, 0.29) is 0 Å². The third kappa shape index (κ3) is 4.02. The van der Waals surface area contributed by atoms with Crippen LogP contribution in [0, 0.1) is 11.8 Å². The van der Waals surface area contributed by atoms with Crippen molar-refractivity contribution >= 4 is 11.1 Å². The molecule has 0 saturated heterocycles. The smallest absolute Gasteiger partial charge is 0.0118 e. The summed E-state index contributed by atoms with van der Waals surface area (Å²) >= 11 is 0. The van der Waals surface area contributed by atoms with Gasteiger partial charge in [0.2, 0.25) is 0 Å². The molecule has 0 aliphatic heterocycles. The van der Waals surface area contributed by atoms with E-state index in [1.165, 1.54) is 36.0 Å². The van der Waals surface area contributed by atoms with Crippen LogP contribution in [0.15, 0.2) is 86.0 Å². The van der Waals surface area contributed by atoms with E-state index in [0.717, 1.165) is 12.8 Å². The molecule has 25 heavy (non-hydrogen) atoms. The van der Waals surface area contributed by atoms with Gasteiger partial charge in [-0.3, -0.25) is 0 Å². The molecule has 0 heteroatoms. The molecule has 0 spiro atoms. The van der Waals surface area contributed by atoms with Crippen LogP contribution in [-0.2, 0) is 0 Å². The lowest BCUT2D eigenvalue weighted by atomic mass is 9.82. The van der Waals surface area contributed by atoms with E-state index in [2.05, 4.69) is 86.0 Å². The monoisotopic (exact) mass is 328 g/mol. The summed E-state index contributed by atoms with van der Waals surface area (Å²) in [4.78, 5) is 0. The van der Waals surface area contributed by atoms with Gasteiger partial charge in [-0.25, -0.2) is 0 Å². The molecule has 2 aromatic rings. The molecule has 3 rings (SSSR count). The Labute approximate surface area is 152 Å². The van der Waals surface area contributed by atoms with Gasteiger partial charge >= 0.3 is 0 Å². The standard InChI is InChI=1S/C25H28/c1-3-5-13-22-19-24(20-14-9-7-10-15-20)25(23(22)18-6-4-2)21-16-11-8-12-17-21/h3-4,7-12,14-17,22-23H,1-2,5-6,13,18-19H2/t22-,23-/m0/s1. The maximum Gasteiger partial charge on any atom is -0.0118 e. The highest BCUT2D eigenvalue weighted by molar-refractivity contribution is 5.94. The summed E-state index contributed by atoms with van der Waals surface area (Å²) < 4.78 is 0. The van der Waals surface area contributed by atoms with Crippen molar-refractivity contribution in [3.05, 3.63) is 97.1 Å². The molecule has 2 atom stereocenters. The van der Waals surface area contributed by atoms with Crippen molar-refractivity contribution in [2.75, 3.05) is 0 Å². The van der Waals surface area contributed by atoms with Crippen LogP contribution in [0.4, 0.5) is 0 Å². The van der Waals surface area contributed by atoms with Crippen molar-refractivity contribution < 1.29 is 0 Å². The van der Waals surface area contributed by atoms with Crippen LogP contribution in [0.25, 0.3) is 11.1 Å². The number of hydrogen-bond acceptors (Lipinski definition) is 0. The molecule has 0 unspecified atom stereocenters. The fraction of sp³-hybridized carbons (Fsp3) is 0.280. The lowest BCUT2D eigenvalue weighted by molar-refractivity contribution is 0.390. The van der Waals surface area contributed by atoms with Crippen molar-refractivity contribution in [3.8, 4) is 0 Å². The van der Waals surface area contributed by atoms with Gasteiger partial charge in [-0.1, -0.05) is 72.8 Å². The van der Waals surface area contributed by atoms with Gasteiger partial charge in [0.15, 0.2) is 0 Å². The summed E-state index contributed by atoms with van der Waals surface area (Å²) in [6.07, 6.45) is 9.88. The Morgan fingerprint density at radius 1 is 0.760 bits per heavy atom. The Kier molecular flexibility index (Phi) is 6.06. The zero-order valence-electron chi connectivity index (χ0n) is 15.0. The highest BCUT2D eigenvalue weighted by Gasteiger charge is 2.34. The number of benzene rings is 2. The van der Waals surface area contributed by atoms with E-state index in [0.29, 0.717) is 11.8 Å². The molecular weight excluding hydrogens is 300 g/mol. The Morgan fingerprint density at radius 3 is 1.92 bits per heavy atom. The average Bonchev–Trinajstić information content (AvgIpc) is 3.04. The second-order valence-corrected chi connectivity index (χ2v) is 6.93. The Morgan fingerprint density at radius 2 is 1.32 bits per heavy atom. The Balaban J connectivity index is 2.06. The van der Waals surface area contributed by atoms with Crippen LogP contribution >= 0.6 is 0 Å². The first-order valence-corrected chi connectivity index (χ1v) is 9.40. The van der Waals surface area contributed by atoms with Crippen molar-refractivity contribution in [2.24, 2.45) is 11.8 Å². The zero-order valence-corrected chi connectivity index (χ0v) is 15.0. The fourth-order valence-corrected chi connectivity index (χ4v) is 4.21. The van der Waals surface area contributed by atoms with Gasteiger partial charge in [0.05, 0.1) is 0 Å².